The second kappa shape index (κ2) is 5.95. The Morgan fingerprint density at radius 2 is 2.33 bits per heavy atom. The molecule has 5 heteroatoms. The van der Waals surface area contributed by atoms with Gasteiger partial charge in [0.05, 0.1) is 22.7 Å². The van der Waals surface area contributed by atoms with Crippen LogP contribution in [0.5, 0.6) is 0 Å². The van der Waals surface area contributed by atoms with Crippen molar-refractivity contribution in [2.24, 2.45) is 5.92 Å². The van der Waals surface area contributed by atoms with E-state index in [1.165, 1.54) is 11.8 Å². The lowest BCUT2D eigenvalue weighted by Crippen LogP contribution is -2.27. The Morgan fingerprint density at radius 3 is 2.94 bits per heavy atom. The van der Waals surface area contributed by atoms with Crippen LogP contribution >= 0.6 is 23.4 Å². The normalized spacial score (nSPS) is 23.1. The summed E-state index contributed by atoms with van der Waals surface area (Å²) in [5, 5.41) is 3.61. The van der Waals surface area contributed by atoms with Gasteiger partial charge in [-0.05, 0) is 31.7 Å². The first-order valence-electron chi connectivity index (χ1n) is 5.88. The van der Waals surface area contributed by atoms with E-state index in [9.17, 15) is 4.79 Å². The maximum Gasteiger partial charge on any atom is 0.230 e. The molecule has 2 unspecified atom stereocenters. The molecule has 2 rings (SSSR count). The number of nitrogens with one attached hydrogen (secondary N) is 1. The van der Waals surface area contributed by atoms with E-state index in [0.717, 1.165) is 17.0 Å². The Morgan fingerprint density at radius 1 is 1.56 bits per heavy atom. The van der Waals surface area contributed by atoms with E-state index in [-0.39, 0.29) is 17.9 Å². The van der Waals surface area contributed by atoms with E-state index in [4.69, 9.17) is 16.3 Å². The van der Waals surface area contributed by atoms with E-state index in [1.807, 2.05) is 31.4 Å². The minimum absolute atomic E-state index is 0.0116. The fourth-order valence-corrected chi connectivity index (χ4v) is 3.12. The van der Waals surface area contributed by atoms with Crippen molar-refractivity contribution in [3.8, 4) is 0 Å². The minimum Gasteiger partial charge on any atom is -0.378 e. The Bertz CT molecular complexity index is 453. The van der Waals surface area contributed by atoms with E-state index < -0.39 is 0 Å². The quantitative estimate of drug-likeness (QED) is 0.865. The fourth-order valence-electron chi connectivity index (χ4n) is 2.12. The summed E-state index contributed by atoms with van der Waals surface area (Å²) in [7, 11) is 0. The van der Waals surface area contributed by atoms with Gasteiger partial charge in [-0.2, -0.15) is 0 Å². The van der Waals surface area contributed by atoms with Gasteiger partial charge in [0.2, 0.25) is 5.91 Å². The second-order valence-corrected chi connectivity index (χ2v) is 5.50. The maximum atomic E-state index is 12.2. The molecular weight excluding hydrogens is 270 g/mol. The van der Waals surface area contributed by atoms with Crippen LogP contribution in [-0.4, -0.2) is 24.9 Å². The van der Waals surface area contributed by atoms with Crippen molar-refractivity contribution in [3.63, 3.8) is 0 Å². The summed E-state index contributed by atoms with van der Waals surface area (Å²) in [6.07, 6.45) is 2.71. The summed E-state index contributed by atoms with van der Waals surface area (Å²) in [6.45, 7) is 2.59. The molecular formula is C13H16ClNO2S. The van der Waals surface area contributed by atoms with Gasteiger partial charge in [-0.15, -0.1) is 11.8 Å². The first-order valence-corrected chi connectivity index (χ1v) is 7.48. The molecule has 1 aliphatic rings. The van der Waals surface area contributed by atoms with Crippen LogP contribution in [-0.2, 0) is 9.53 Å². The monoisotopic (exact) mass is 285 g/mol. The molecule has 0 aliphatic carbocycles. The van der Waals surface area contributed by atoms with E-state index in [1.54, 1.807) is 0 Å². The largest absolute Gasteiger partial charge is 0.378 e. The van der Waals surface area contributed by atoms with Crippen LogP contribution < -0.4 is 5.32 Å². The predicted octanol–water partition coefficient (Wildman–Crippen LogP) is 3.43. The molecule has 0 spiro atoms. The molecule has 1 fully saturated rings. The van der Waals surface area contributed by atoms with Crippen molar-refractivity contribution in [1.29, 1.82) is 0 Å². The first-order chi connectivity index (χ1) is 8.63. The average Bonchev–Trinajstić information content (AvgIpc) is 2.76. The Kier molecular flexibility index (Phi) is 4.54. The van der Waals surface area contributed by atoms with Gasteiger partial charge in [0, 0.05) is 11.5 Å². The lowest BCUT2D eigenvalue weighted by atomic mass is 10.0. The molecule has 2 atom stereocenters. The third-order valence-corrected chi connectivity index (χ3v) is 4.42. The number of anilines is 1. The number of halogens is 1. The molecule has 18 heavy (non-hydrogen) atoms. The van der Waals surface area contributed by atoms with Gasteiger partial charge in [0.15, 0.2) is 0 Å². The summed E-state index contributed by atoms with van der Waals surface area (Å²) in [5.74, 6) is -0.0590. The maximum absolute atomic E-state index is 12.2. The molecule has 1 heterocycles. The molecule has 1 saturated heterocycles. The molecule has 0 radical (unpaired) electrons. The lowest BCUT2D eigenvalue weighted by Gasteiger charge is -2.16. The third kappa shape index (κ3) is 2.82. The molecule has 0 bridgehead atoms. The molecule has 1 N–H and O–H groups in total. The van der Waals surface area contributed by atoms with E-state index in [2.05, 4.69) is 5.32 Å². The lowest BCUT2D eigenvalue weighted by molar-refractivity contribution is -0.121. The molecule has 0 saturated carbocycles. The number of rotatable bonds is 3. The topological polar surface area (TPSA) is 38.3 Å². The van der Waals surface area contributed by atoms with Crippen LogP contribution in [0.1, 0.15) is 13.3 Å². The first kappa shape index (κ1) is 13.7. The van der Waals surface area contributed by atoms with Gasteiger partial charge in [-0.25, -0.2) is 0 Å². The standard InChI is InChI=1S/C13H16ClNO2S/c1-8-9(6-7-17-8)13(16)15-11-5-3-4-10(14)12(11)18-2/h3-5,8-9H,6-7H2,1-2H3,(H,15,16). The van der Waals surface area contributed by atoms with Crippen LogP contribution in [0.4, 0.5) is 5.69 Å². The van der Waals surface area contributed by atoms with Gasteiger partial charge in [-0.3, -0.25) is 4.79 Å². The number of thioether (sulfide) groups is 1. The number of carbonyl (C=O) groups excluding carboxylic acids is 1. The van der Waals surface area contributed by atoms with Gasteiger partial charge in [0.25, 0.3) is 0 Å². The third-order valence-electron chi connectivity index (χ3n) is 3.14. The van der Waals surface area contributed by atoms with Gasteiger partial charge in [-0.1, -0.05) is 17.7 Å². The summed E-state index contributed by atoms with van der Waals surface area (Å²) in [5.41, 5.74) is 0.777. The molecule has 98 valence electrons. The highest BCUT2D eigenvalue weighted by molar-refractivity contribution is 7.98. The van der Waals surface area contributed by atoms with E-state index in [0.29, 0.717) is 11.6 Å². The minimum atomic E-state index is -0.0707. The Labute approximate surface area is 116 Å². The molecule has 3 nitrogen and oxygen atoms in total. The Balaban J connectivity index is 2.14. The number of ether oxygens (including phenoxy) is 1. The highest BCUT2D eigenvalue weighted by Crippen LogP contribution is 2.33. The smallest absolute Gasteiger partial charge is 0.230 e. The second-order valence-electron chi connectivity index (χ2n) is 4.28. The van der Waals surface area contributed by atoms with Crippen molar-refractivity contribution in [2.75, 3.05) is 18.2 Å². The molecule has 1 aromatic carbocycles. The van der Waals surface area contributed by atoms with Crippen LogP contribution in [0.3, 0.4) is 0 Å². The number of hydrogen-bond donors (Lipinski definition) is 1. The van der Waals surface area contributed by atoms with Gasteiger partial charge < -0.3 is 10.1 Å². The fraction of sp³-hybridized carbons (Fsp3) is 0.462. The zero-order chi connectivity index (χ0) is 13.1. The van der Waals surface area contributed by atoms with Crippen LogP contribution in [0, 0.1) is 5.92 Å². The molecule has 0 aromatic heterocycles. The van der Waals surface area contributed by atoms with Gasteiger partial charge in [0.1, 0.15) is 0 Å². The Hall–Kier alpha value is -0.710. The van der Waals surface area contributed by atoms with Gasteiger partial charge >= 0.3 is 0 Å². The molecule has 1 aromatic rings. The van der Waals surface area contributed by atoms with Crippen molar-refractivity contribution in [3.05, 3.63) is 23.2 Å². The van der Waals surface area contributed by atoms with Crippen molar-refractivity contribution in [1.82, 2.24) is 0 Å². The number of amides is 1. The number of benzene rings is 1. The average molecular weight is 286 g/mol. The highest BCUT2D eigenvalue weighted by atomic mass is 35.5. The molecule has 1 amide bonds. The SMILES string of the molecule is CSc1c(Cl)cccc1NC(=O)C1CCOC1C. The van der Waals surface area contributed by atoms with Crippen LogP contribution in [0.25, 0.3) is 0 Å². The summed E-state index contributed by atoms with van der Waals surface area (Å²) >= 11 is 7.63. The molecule has 1 aliphatic heterocycles. The highest BCUT2D eigenvalue weighted by Gasteiger charge is 2.31. The summed E-state index contributed by atoms with van der Waals surface area (Å²) in [4.78, 5) is 13.1. The number of carbonyl (C=O) groups is 1. The number of hydrogen-bond acceptors (Lipinski definition) is 3. The van der Waals surface area contributed by atoms with Crippen LogP contribution in [0.15, 0.2) is 23.1 Å². The summed E-state index contributed by atoms with van der Waals surface area (Å²) in [6, 6.07) is 5.53. The zero-order valence-corrected chi connectivity index (χ0v) is 12.0. The zero-order valence-electron chi connectivity index (χ0n) is 10.4. The van der Waals surface area contributed by atoms with Crippen LogP contribution in [0.2, 0.25) is 5.02 Å². The predicted molar refractivity (Wildman–Crippen MR) is 75.4 cm³/mol. The van der Waals surface area contributed by atoms with Crippen molar-refractivity contribution < 1.29 is 9.53 Å². The van der Waals surface area contributed by atoms with Crippen molar-refractivity contribution in [2.45, 2.75) is 24.3 Å². The van der Waals surface area contributed by atoms with Crippen molar-refractivity contribution >= 4 is 35.0 Å². The van der Waals surface area contributed by atoms with E-state index >= 15 is 0 Å². The summed E-state index contributed by atoms with van der Waals surface area (Å²) < 4.78 is 5.41.